The third-order valence-corrected chi connectivity index (χ3v) is 7.00. The van der Waals surface area contributed by atoms with E-state index in [1.54, 1.807) is 22.9 Å². The third kappa shape index (κ3) is 4.41. The number of benzene rings is 2. The molecule has 2 atom stereocenters. The van der Waals surface area contributed by atoms with Crippen molar-refractivity contribution in [2.75, 3.05) is 40.0 Å². The summed E-state index contributed by atoms with van der Waals surface area (Å²) in [4.78, 5) is 31.5. The summed E-state index contributed by atoms with van der Waals surface area (Å²) in [6.07, 6.45) is -0.291. The number of likely N-dealkylation sites (N-methyl/N-ethyl adjacent to an activating group) is 1. The molecular formula is C26H31N3O5. The zero-order valence-electron chi connectivity index (χ0n) is 19.7. The lowest BCUT2D eigenvalue weighted by Crippen LogP contribution is -2.57. The molecule has 2 saturated heterocycles. The molecule has 2 amide bonds. The van der Waals surface area contributed by atoms with Crippen molar-refractivity contribution in [3.63, 3.8) is 0 Å². The van der Waals surface area contributed by atoms with Crippen LogP contribution in [0.2, 0.25) is 0 Å². The number of carbonyl (C=O) groups excluding carboxylic acids is 2. The van der Waals surface area contributed by atoms with Crippen LogP contribution >= 0.6 is 0 Å². The smallest absolute Gasteiger partial charge is 0.255 e. The Balaban J connectivity index is 1.30. The number of carbonyl (C=O) groups is 2. The maximum Gasteiger partial charge on any atom is 0.255 e. The molecule has 0 aliphatic carbocycles. The standard InChI is InChI=1S/C26H31N3O5/c1-18-27(2)26(31)23(17-33-18)29-15-22-21(25(29)30)8-5-9-24(22)34-16-20-7-4-3-6-19(20)14-28-10-12-32-13-11-28/h3-9,18,23H,10-17H2,1-2H3. The van der Waals surface area contributed by atoms with Gasteiger partial charge < -0.3 is 24.0 Å². The lowest BCUT2D eigenvalue weighted by atomic mass is 10.1. The van der Waals surface area contributed by atoms with Crippen LogP contribution in [0.15, 0.2) is 42.5 Å². The Bertz CT molecular complexity index is 1070. The van der Waals surface area contributed by atoms with Gasteiger partial charge in [0.05, 0.1) is 26.4 Å². The van der Waals surface area contributed by atoms with Gasteiger partial charge in [0.25, 0.3) is 5.91 Å². The van der Waals surface area contributed by atoms with Crippen molar-refractivity contribution >= 4 is 11.8 Å². The second-order valence-corrected chi connectivity index (χ2v) is 9.06. The summed E-state index contributed by atoms with van der Waals surface area (Å²) in [6.45, 7) is 7.03. The van der Waals surface area contributed by atoms with Crippen LogP contribution in [0.5, 0.6) is 5.75 Å². The predicted octanol–water partition coefficient (Wildman–Crippen LogP) is 2.26. The second kappa shape index (κ2) is 9.74. The van der Waals surface area contributed by atoms with E-state index in [1.807, 2.05) is 25.1 Å². The Morgan fingerprint density at radius 3 is 2.59 bits per heavy atom. The van der Waals surface area contributed by atoms with Gasteiger partial charge in [-0.2, -0.15) is 0 Å². The lowest BCUT2D eigenvalue weighted by Gasteiger charge is -2.38. The highest BCUT2D eigenvalue weighted by molar-refractivity contribution is 6.01. The first-order valence-corrected chi connectivity index (χ1v) is 11.8. The molecule has 0 radical (unpaired) electrons. The molecule has 0 bridgehead atoms. The molecule has 3 aliphatic rings. The van der Waals surface area contributed by atoms with Gasteiger partial charge in [-0.15, -0.1) is 0 Å². The Kier molecular flexibility index (Phi) is 6.54. The Hall–Kier alpha value is -2.94. The first kappa shape index (κ1) is 22.8. The van der Waals surface area contributed by atoms with Gasteiger partial charge in [0.2, 0.25) is 5.91 Å². The third-order valence-electron chi connectivity index (χ3n) is 7.00. The molecule has 2 aromatic rings. The maximum absolute atomic E-state index is 13.2. The summed E-state index contributed by atoms with van der Waals surface area (Å²) in [7, 11) is 1.70. The van der Waals surface area contributed by atoms with E-state index in [0.29, 0.717) is 24.5 Å². The van der Waals surface area contributed by atoms with E-state index in [0.717, 1.165) is 44.0 Å². The van der Waals surface area contributed by atoms with Crippen LogP contribution in [0, 0.1) is 0 Å². The largest absolute Gasteiger partial charge is 0.489 e. The van der Waals surface area contributed by atoms with Crippen LogP contribution in [0.4, 0.5) is 0 Å². The zero-order chi connectivity index (χ0) is 23.7. The van der Waals surface area contributed by atoms with Gasteiger partial charge in [-0.3, -0.25) is 14.5 Å². The highest BCUT2D eigenvalue weighted by Crippen LogP contribution is 2.34. The molecule has 0 N–H and O–H groups in total. The van der Waals surface area contributed by atoms with E-state index in [1.165, 1.54) is 5.56 Å². The highest BCUT2D eigenvalue weighted by Gasteiger charge is 2.42. The van der Waals surface area contributed by atoms with Gasteiger partial charge in [0.15, 0.2) is 0 Å². The Morgan fingerprint density at radius 1 is 1.03 bits per heavy atom. The molecule has 0 saturated carbocycles. The van der Waals surface area contributed by atoms with Gasteiger partial charge in [-0.05, 0) is 30.2 Å². The first-order chi connectivity index (χ1) is 16.5. The fraction of sp³-hybridized carbons (Fsp3) is 0.462. The molecule has 0 spiro atoms. The van der Waals surface area contributed by atoms with Crippen molar-refractivity contribution in [3.8, 4) is 5.75 Å². The van der Waals surface area contributed by atoms with Crippen LogP contribution in [0.25, 0.3) is 0 Å². The van der Waals surface area contributed by atoms with Crippen molar-refractivity contribution in [2.24, 2.45) is 0 Å². The summed E-state index contributed by atoms with van der Waals surface area (Å²) in [5.74, 6) is 0.429. The summed E-state index contributed by atoms with van der Waals surface area (Å²) in [5, 5.41) is 0. The van der Waals surface area contributed by atoms with Crippen molar-refractivity contribution < 1.29 is 23.8 Å². The van der Waals surface area contributed by atoms with E-state index in [9.17, 15) is 9.59 Å². The predicted molar refractivity (Wildman–Crippen MR) is 125 cm³/mol. The minimum absolute atomic E-state index is 0.0978. The highest BCUT2D eigenvalue weighted by atomic mass is 16.5. The van der Waals surface area contributed by atoms with Crippen molar-refractivity contribution in [2.45, 2.75) is 38.9 Å². The van der Waals surface area contributed by atoms with Crippen LogP contribution in [-0.2, 0) is 34.0 Å². The van der Waals surface area contributed by atoms with Gasteiger partial charge >= 0.3 is 0 Å². The summed E-state index contributed by atoms with van der Waals surface area (Å²) < 4.78 is 17.4. The summed E-state index contributed by atoms with van der Waals surface area (Å²) in [6, 6.07) is 13.2. The Morgan fingerprint density at radius 2 is 1.79 bits per heavy atom. The van der Waals surface area contributed by atoms with Crippen molar-refractivity contribution in [1.82, 2.24) is 14.7 Å². The average molecular weight is 466 g/mol. The molecule has 180 valence electrons. The van der Waals surface area contributed by atoms with Crippen LogP contribution in [-0.4, -0.2) is 78.7 Å². The molecule has 5 rings (SSSR count). The van der Waals surface area contributed by atoms with E-state index < -0.39 is 6.04 Å². The molecule has 34 heavy (non-hydrogen) atoms. The first-order valence-electron chi connectivity index (χ1n) is 11.8. The minimum atomic E-state index is -0.622. The van der Waals surface area contributed by atoms with Crippen molar-refractivity contribution in [1.29, 1.82) is 0 Å². The SMILES string of the molecule is CC1OCC(N2Cc3c(OCc4ccccc4CN4CCOCC4)cccc3C2=O)C(=O)N1C. The summed E-state index contributed by atoms with van der Waals surface area (Å²) in [5.41, 5.74) is 3.77. The second-order valence-electron chi connectivity index (χ2n) is 9.06. The molecule has 3 aliphatic heterocycles. The minimum Gasteiger partial charge on any atom is -0.489 e. The lowest BCUT2D eigenvalue weighted by molar-refractivity contribution is -0.164. The van der Waals surface area contributed by atoms with Gasteiger partial charge in [0.1, 0.15) is 24.6 Å². The topological polar surface area (TPSA) is 71.5 Å². The molecule has 8 heteroatoms. The molecule has 3 heterocycles. The van der Waals surface area contributed by atoms with Gasteiger partial charge in [-0.1, -0.05) is 30.3 Å². The van der Waals surface area contributed by atoms with Gasteiger partial charge in [0, 0.05) is 37.8 Å². The zero-order valence-corrected chi connectivity index (χ0v) is 19.7. The number of morpholine rings is 1. The molecule has 8 nitrogen and oxygen atoms in total. The number of hydrogen-bond acceptors (Lipinski definition) is 6. The number of amides is 2. The molecule has 2 unspecified atom stereocenters. The fourth-order valence-corrected chi connectivity index (χ4v) is 4.77. The Labute approximate surface area is 200 Å². The van der Waals surface area contributed by atoms with E-state index in [-0.39, 0.29) is 24.6 Å². The van der Waals surface area contributed by atoms with E-state index in [2.05, 4.69) is 23.1 Å². The monoisotopic (exact) mass is 465 g/mol. The average Bonchev–Trinajstić information content (AvgIpc) is 3.19. The van der Waals surface area contributed by atoms with Crippen LogP contribution in [0.1, 0.15) is 34.0 Å². The number of rotatable bonds is 6. The number of fused-ring (bicyclic) bond motifs is 1. The molecular weight excluding hydrogens is 434 g/mol. The number of hydrogen-bond donors (Lipinski definition) is 0. The fourth-order valence-electron chi connectivity index (χ4n) is 4.77. The molecule has 2 aromatic carbocycles. The van der Waals surface area contributed by atoms with E-state index >= 15 is 0 Å². The van der Waals surface area contributed by atoms with Crippen LogP contribution < -0.4 is 4.74 Å². The van der Waals surface area contributed by atoms with Crippen molar-refractivity contribution in [3.05, 3.63) is 64.7 Å². The van der Waals surface area contributed by atoms with E-state index in [4.69, 9.17) is 14.2 Å². The number of ether oxygens (including phenoxy) is 3. The molecule has 2 fully saturated rings. The maximum atomic E-state index is 13.2. The summed E-state index contributed by atoms with van der Waals surface area (Å²) >= 11 is 0. The van der Waals surface area contributed by atoms with Crippen LogP contribution in [0.3, 0.4) is 0 Å². The quantitative estimate of drug-likeness (QED) is 0.652. The number of nitrogens with zero attached hydrogens (tertiary/aromatic N) is 3. The van der Waals surface area contributed by atoms with Gasteiger partial charge in [-0.25, -0.2) is 0 Å². The normalized spacial score (nSPS) is 23.4. The molecule has 0 aromatic heterocycles.